The number of carbonyl (C=O) groups is 1. The molecule has 2 heterocycles. The molecule has 6 heteroatoms. The second-order valence-corrected chi connectivity index (χ2v) is 14.6. The fourth-order valence-electron chi connectivity index (χ4n) is 7.60. The number of ketones is 1. The molecule has 2 aromatic rings. The zero-order valence-corrected chi connectivity index (χ0v) is 33.8. The van der Waals surface area contributed by atoms with E-state index in [0.717, 1.165) is 37.8 Å². The number of allylic oxidation sites excluding steroid dienone is 3. The van der Waals surface area contributed by atoms with Crippen molar-refractivity contribution in [3.63, 3.8) is 0 Å². The minimum Gasteiger partial charge on any atom is -0.512 e. The maximum absolute atomic E-state index is 11.7. The van der Waals surface area contributed by atoms with Gasteiger partial charge in [0, 0.05) is 58.3 Å². The van der Waals surface area contributed by atoms with Gasteiger partial charge in [-0.25, -0.2) is 0 Å². The molecular weight excluding hydrogens is 783 g/mol. The SMILES string of the molecule is C/C(=C1\N(C)C2C=CN=C(C3=[C-]c4ccccc4C(C(C)(C)C)C3)C2N1C)c1ccccc1.CCC(CC)C(=O)/C=C(\O)C(CC)CC.[Ir]. The number of rotatable bonds is 9. The molecule has 2 aliphatic heterocycles. The number of fused-ring (bicyclic) bond motifs is 2. The summed E-state index contributed by atoms with van der Waals surface area (Å²) in [5.41, 5.74) is 7.77. The van der Waals surface area contributed by atoms with Crippen LogP contribution in [0, 0.1) is 23.3 Å². The predicted octanol–water partition coefficient (Wildman–Crippen LogP) is 10.1. The molecule has 3 unspecified atom stereocenters. The first-order valence-electron chi connectivity index (χ1n) is 18.0. The summed E-state index contributed by atoms with van der Waals surface area (Å²) in [6, 6.07) is 19.9. The predicted molar refractivity (Wildman–Crippen MR) is 202 cm³/mol. The number of benzene rings is 2. The third-order valence-electron chi connectivity index (χ3n) is 10.6. The second kappa shape index (κ2) is 17.6. The van der Waals surface area contributed by atoms with E-state index >= 15 is 0 Å². The van der Waals surface area contributed by atoms with E-state index < -0.39 is 0 Å². The van der Waals surface area contributed by atoms with Crippen molar-refractivity contribution in [1.29, 1.82) is 0 Å². The Morgan fingerprint density at radius 3 is 2.12 bits per heavy atom. The van der Waals surface area contributed by atoms with Crippen molar-refractivity contribution in [1.82, 2.24) is 9.80 Å². The summed E-state index contributed by atoms with van der Waals surface area (Å²) in [6.07, 6.45) is 13.9. The number of hydrogen-bond acceptors (Lipinski definition) is 5. The number of aliphatic imine (C=N–C) groups is 1. The van der Waals surface area contributed by atoms with Crippen molar-refractivity contribution in [2.75, 3.05) is 14.1 Å². The summed E-state index contributed by atoms with van der Waals surface area (Å²) in [5.74, 6) is 2.26. The Labute approximate surface area is 310 Å². The van der Waals surface area contributed by atoms with Gasteiger partial charge in [0.15, 0.2) is 5.78 Å². The Morgan fingerprint density at radius 2 is 1.53 bits per heavy atom. The molecule has 1 aliphatic carbocycles. The Morgan fingerprint density at radius 1 is 0.939 bits per heavy atom. The van der Waals surface area contributed by atoms with Crippen LogP contribution in [0.3, 0.4) is 0 Å². The van der Waals surface area contributed by atoms with Gasteiger partial charge < -0.3 is 19.9 Å². The van der Waals surface area contributed by atoms with Crippen LogP contribution in [-0.4, -0.2) is 52.6 Å². The molecule has 3 aliphatic rings. The monoisotopic (exact) mass is 841 g/mol. The maximum Gasteiger partial charge on any atom is 0.162 e. The molecule has 1 radical (unpaired) electrons. The first-order valence-corrected chi connectivity index (χ1v) is 18.0. The zero-order chi connectivity index (χ0) is 35.2. The van der Waals surface area contributed by atoms with Crippen LogP contribution in [0.1, 0.15) is 110 Å². The van der Waals surface area contributed by atoms with E-state index in [1.165, 1.54) is 39.7 Å². The van der Waals surface area contributed by atoms with Gasteiger partial charge in [0.1, 0.15) is 5.82 Å². The van der Waals surface area contributed by atoms with E-state index in [0.29, 0.717) is 5.92 Å². The summed E-state index contributed by atoms with van der Waals surface area (Å²) in [7, 11) is 4.43. The molecule has 0 spiro atoms. The minimum atomic E-state index is 0. The fraction of sp³-hybridized carbons (Fsp3) is 0.488. The number of aliphatic hydroxyl groups is 1. The molecule has 1 N–H and O–H groups in total. The fourth-order valence-corrected chi connectivity index (χ4v) is 7.60. The summed E-state index contributed by atoms with van der Waals surface area (Å²) < 4.78 is 0. The minimum absolute atomic E-state index is 0. The van der Waals surface area contributed by atoms with Crippen LogP contribution >= 0.6 is 0 Å². The van der Waals surface area contributed by atoms with Crippen LogP contribution in [0.2, 0.25) is 0 Å². The van der Waals surface area contributed by atoms with Gasteiger partial charge >= 0.3 is 0 Å². The molecule has 0 amide bonds. The normalized spacial score (nSPS) is 21.3. The molecule has 5 nitrogen and oxygen atoms in total. The van der Waals surface area contributed by atoms with E-state index in [-0.39, 0.29) is 61.0 Å². The van der Waals surface area contributed by atoms with E-state index in [1.807, 2.05) is 33.9 Å². The van der Waals surface area contributed by atoms with Crippen LogP contribution in [-0.2, 0) is 24.9 Å². The van der Waals surface area contributed by atoms with Gasteiger partial charge in [-0.05, 0) is 73.3 Å². The molecule has 0 aromatic heterocycles. The van der Waals surface area contributed by atoms with Crippen molar-refractivity contribution in [3.05, 3.63) is 113 Å². The standard InChI is InChI=1S/C30H34N3.C13H24O2.Ir/c1-20(21-12-8-7-9-13-21)29-32(5)26-16-17-31-27(28(26)33(29)6)23-18-22-14-10-11-15-24(22)25(19-23)30(2,3)4;1-5-10(6-2)12(14)9-13(15)11(7-3)8-4;/h7-17,25-26,28H,19H2,1-6H3;9-11,14H,5-8H2,1-4H3;/q-1;;/b29-20-;12-9-;. The van der Waals surface area contributed by atoms with Crippen molar-refractivity contribution in [2.45, 2.75) is 105 Å². The van der Waals surface area contributed by atoms with E-state index in [1.54, 1.807) is 0 Å². The van der Waals surface area contributed by atoms with Crippen LogP contribution < -0.4 is 0 Å². The first-order chi connectivity index (χ1) is 22.9. The van der Waals surface area contributed by atoms with Crippen molar-refractivity contribution in [3.8, 4) is 0 Å². The largest absolute Gasteiger partial charge is 0.512 e. The van der Waals surface area contributed by atoms with Crippen molar-refractivity contribution in [2.24, 2.45) is 22.2 Å². The second-order valence-electron chi connectivity index (χ2n) is 14.6. The van der Waals surface area contributed by atoms with Gasteiger partial charge in [0.05, 0.1) is 17.8 Å². The van der Waals surface area contributed by atoms with Gasteiger partial charge in [-0.2, -0.15) is 0 Å². The topological polar surface area (TPSA) is 56.1 Å². The Balaban J connectivity index is 0.000000347. The van der Waals surface area contributed by atoms with Crippen LogP contribution in [0.4, 0.5) is 0 Å². The van der Waals surface area contributed by atoms with Crippen molar-refractivity contribution >= 4 is 17.1 Å². The summed E-state index contributed by atoms with van der Waals surface area (Å²) >= 11 is 0. The van der Waals surface area contributed by atoms with Gasteiger partial charge in [0.2, 0.25) is 0 Å². The molecule has 0 saturated carbocycles. The van der Waals surface area contributed by atoms with Gasteiger partial charge in [-0.15, -0.1) is 41.0 Å². The van der Waals surface area contributed by atoms with Crippen molar-refractivity contribution < 1.29 is 30.0 Å². The van der Waals surface area contributed by atoms with Crippen LogP contribution in [0.25, 0.3) is 5.57 Å². The van der Waals surface area contributed by atoms with E-state index in [2.05, 4.69) is 118 Å². The molecule has 1 saturated heterocycles. The average Bonchev–Trinajstić information content (AvgIpc) is 3.34. The van der Waals surface area contributed by atoms with Gasteiger partial charge in [0.25, 0.3) is 0 Å². The summed E-state index contributed by atoms with van der Waals surface area (Å²) in [4.78, 5) is 21.5. The first kappa shape index (κ1) is 40.2. The van der Waals surface area contributed by atoms with Crippen LogP contribution in [0.5, 0.6) is 0 Å². The number of likely N-dealkylation sites (N-methyl/N-ethyl adjacent to an activating group) is 2. The Hall–Kier alpha value is -3.21. The van der Waals surface area contributed by atoms with Gasteiger partial charge in [-0.1, -0.05) is 84.9 Å². The zero-order valence-electron chi connectivity index (χ0n) is 31.4. The number of nitrogens with zero attached hydrogens (tertiary/aromatic N) is 3. The molecule has 3 atom stereocenters. The summed E-state index contributed by atoms with van der Waals surface area (Å²) in [6.45, 7) is 17.3. The third-order valence-corrected chi connectivity index (χ3v) is 10.6. The quantitative estimate of drug-likeness (QED) is 0.155. The smallest absolute Gasteiger partial charge is 0.162 e. The maximum atomic E-state index is 11.7. The van der Waals surface area contributed by atoms with E-state index in [4.69, 9.17) is 4.99 Å². The van der Waals surface area contributed by atoms with E-state index in [9.17, 15) is 9.90 Å². The molecule has 1 fully saturated rings. The molecule has 5 rings (SSSR count). The molecule has 0 bridgehead atoms. The molecular formula is C43H58IrN3O2-. The molecule has 49 heavy (non-hydrogen) atoms. The van der Waals surface area contributed by atoms with Gasteiger partial charge in [-0.3, -0.25) is 4.79 Å². The molecule has 267 valence electrons. The Kier molecular flexibility index (Phi) is 14.5. The number of aliphatic hydroxyl groups excluding tert-OH is 1. The van der Waals surface area contributed by atoms with Crippen LogP contribution in [0.15, 0.2) is 95.1 Å². The third kappa shape index (κ3) is 8.94. The number of carbonyl (C=O) groups excluding carboxylic acids is 1. The Bertz CT molecular complexity index is 1570. The number of hydrogen-bond donors (Lipinski definition) is 1. The summed E-state index contributed by atoms with van der Waals surface area (Å²) in [5, 5.41) is 9.76. The molecule has 2 aromatic carbocycles. The average molecular weight is 841 g/mol.